The number of ether oxygens (including phenoxy) is 2. The Hall–Kier alpha value is -4.13. The number of benzene rings is 3. The van der Waals surface area contributed by atoms with E-state index in [2.05, 4.69) is 34.9 Å². The summed E-state index contributed by atoms with van der Waals surface area (Å²) in [4.78, 5) is 25.2. The minimum Gasteiger partial charge on any atom is -0.489 e. The minimum absolute atomic E-state index is 0.172. The standard InChI is InChI=1S/C30H35N3O4/c1-21(2)16-27(32-29(34)20-37-28-11-6-5-9-23(28)4)30(35)33-31-18-24-12-14-26(15-13-24)36-19-25-10-7-8-22(3)17-25/h5-15,17-18,21,27H,16,19-20H2,1-4H3,(H,32,34)(H,33,35)/b31-18-/t27-/m0/s1. The molecule has 2 N–H and O–H groups in total. The predicted molar refractivity (Wildman–Crippen MR) is 146 cm³/mol. The second kappa shape index (κ2) is 13.8. The first-order chi connectivity index (χ1) is 17.8. The molecule has 2 amide bonds. The molecule has 0 bridgehead atoms. The summed E-state index contributed by atoms with van der Waals surface area (Å²) in [6.45, 7) is 8.26. The van der Waals surface area contributed by atoms with Gasteiger partial charge in [0.05, 0.1) is 6.21 Å². The summed E-state index contributed by atoms with van der Waals surface area (Å²) in [5.74, 6) is 0.834. The highest BCUT2D eigenvalue weighted by Gasteiger charge is 2.22. The highest BCUT2D eigenvalue weighted by atomic mass is 16.5. The number of hydrazone groups is 1. The molecule has 37 heavy (non-hydrogen) atoms. The van der Waals surface area contributed by atoms with Crippen LogP contribution in [0, 0.1) is 19.8 Å². The van der Waals surface area contributed by atoms with Crippen molar-refractivity contribution in [1.82, 2.24) is 10.7 Å². The van der Waals surface area contributed by atoms with Crippen molar-refractivity contribution >= 4 is 18.0 Å². The number of amides is 2. The van der Waals surface area contributed by atoms with Gasteiger partial charge in [0.2, 0.25) is 0 Å². The molecule has 194 valence electrons. The minimum atomic E-state index is -0.720. The van der Waals surface area contributed by atoms with E-state index in [1.54, 1.807) is 12.3 Å². The fourth-order valence-corrected chi connectivity index (χ4v) is 3.67. The van der Waals surface area contributed by atoms with Crippen LogP contribution in [0.2, 0.25) is 0 Å². The topological polar surface area (TPSA) is 89.0 Å². The van der Waals surface area contributed by atoms with E-state index in [4.69, 9.17) is 9.47 Å². The predicted octanol–water partition coefficient (Wildman–Crippen LogP) is 4.94. The fourth-order valence-electron chi connectivity index (χ4n) is 3.67. The van der Waals surface area contributed by atoms with E-state index in [1.807, 2.05) is 75.4 Å². The van der Waals surface area contributed by atoms with Gasteiger partial charge in [-0.15, -0.1) is 0 Å². The largest absolute Gasteiger partial charge is 0.489 e. The Bertz CT molecular complexity index is 1210. The van der Waals surface area contributed by atoms with Crippen molar-refractivity contribution in [2.75, 3.05) is 6.61 Å². The summed E-state index contributed by atoms with van der Waals surface area (Å²) >= 11 is 0. The van der Waals surface area contributed by atoms with E-state index >= 15 is 0 Å². The second-order valence-corrected chi connectivity index (χ2v) is 9.38. The molecule has 3 aromatic rings. The third-order valence-electron chi connectivity index (χ3n) is 5.57. The Labute approximate surface area is 218 Å². The number of carbonyl (C=O) groups excluding carboxylic acids is 2. The Morgan fingerprint density at radius 1 is 0.946 bits per heavy atom. The molecule has 1 atom stereocenters. The van der Waals surface area contributed by atoms with Crippen LogP contribution >= 0.6 is 0 Å². The van der Waals surface area contributed by atoms with Gasteiger partial charge in [0, 0.05) is 0 Å². The first kappa shape index (κ1) is 27.5. The van der Waals surface area contributed by atoms with Gasteiger partial charge in [-0.3, -0.25) is 9.59 Å². The van der Waals surface area contributed by atoms with Crippen LogP contribution in [0.15, 0.2) is 77.9 Å². The molecule has 7 heteroatoms. The zero-order valence-corrected chi connectivity index (χ0v) is 21.9. The third kappa shape index (κ3) is 9.44. The lowest BCUT2D eigenvalue weighted by Gasteiger charge is -2.19. The number of rotatable bonds is 12. The highest BCUT2D eigenvalue weighted by Crippen LogP contribution is 2.16. The lowest BCUT2D eigenvalue weighted by atomic mass is 10.0. The third-order valence-corrected chi connectivity index (χ3v) is 5.57. The van der Waals surface area contributed by atoms with Gasteiger partial charge in [-0.1, -0.05) is 61.9 Å². The number of carbonyl (C=O) groups is 2. The monoisotopic (exact) mass is 501 g/mol. The van der Waals surface area contributed by atoms with Crippen LogP contribution in [0.5, 0.6) is 11.5 Å². The number of hydrogen-bond donors (Lipinski definition) is 2. The average molecular weight is 502 g/mol. The Morgan fingerprint density at radius 3 is 2.41 bits per heavy atom. The van der Waals surface area contributed by atoms with E-state index in [0.29, 0.717) is 18.8 Å². The smallest absolute Gasteiger partial charge is 0.262 e. The zero-order valence-electron chi connectivity index (χ0n) is 21.9. The molecule has 0 radical (unpaired) electrons. The van der Waals surface area contributed by atoms with E-state index in [9.17, 15) is 9.59 Å². The van der Waals surface area contributed by atoms with Gasteiger partial charge < -0.3 is 14.8 Å². The summed E-state index contributed by atoms with van der Waals surface area (Å²) in [6, 6.07) is 22.4. The molecule has 7 nitrogen and oxygen atoms in total. The molecule has 0 aromatic heterocycles. The molecule has 0 spiro atoms. The maximum absolute atomic E-state index is 12.7. The molecule has 0 saturated heterocycles. The Morgan fingerprint density at radius 2 is 1.70 bits per heavy atom. The number of aryl methyl sites for hydroxylation is 2. The van der Waals surface area contributed by atoms with Crippen molar-refractivity contribution in [3.05, 3.63) is 95.1 Å². The van der Waals surface area contributed by atoms with Crippen molar-refractivity contribution in [3.8, 4) is 11.5 Å². The fraction of sp³-hybridized carbons (Fsp3) is 0.300. The Balaban J connectivity index is 1.49. The number of hydrogen-bond acceptors (Lipinski definition) is 5. The normalized spacial score (nSPS) is 11.8. The molecule has 0 aliphatic rings. The maximum atomic E-state index is 12.7. The van der Waals surface area contributed by atoms with Crippen LogP contribution in [0.1, 0.15) is 42.5 Å². The second-order valence-electron chi connectivity index (χ2n) is 9.38. The quantitative estimate of drug-likeness (QED) is 0.272. The van der Waals surface area contributed by atoms with Gasteiger partial charge in [-0.25, -0.2) is 5.43 Å². The van der Waals surface area contributed by atoms with Crippen LogP contribution in [0.4, 0.5) is 0 Å². The highest BCUT2D eigenvalue weighted by molar-refractivity contribution is 5.89. The first-order valence-electron chi connectivity index (χ1n) is 12.4. The van der Waals surface area contributed by atoms with Gasteiger partial charge in [0.15, 0.2) is 6.61 Å². The van der Waals surface area contributed by atoms with E-state index < -0.39 is 6.04 Å². The van der Waals surface area contributed by atoms with Gasteiger partial charge in [-0.2, -0.15) is 5.10 Å². The van der Waals surface area contributed by atoms with Gasteiger partial charge in [0.1, 0.15) is 24.1 Å². The molecule has 0 heterocycles. The molecule has 3 aromatic carbocycles. The Kier molecular flexibility index (Phi) is 10.3. The average Bonchev–Trinajstić information content (AvgIpc) is 2.87. The lowest BCUT2D eigenvalue weighted by molar-refractivity contribution is -0.130. The van der Waals surface area contributed by atoms with Crippen LogP contribution in [0.3, 0.4) is 0 Å². The number of nitrogens with zero attached hydrogens (tertiary/aromatic N) is 1. The van der Waals surface area contributed by atoms with Crippen molar-refractivity contribution < 1.29 is 19.1 Å². The molecule has 0 fully saturated rings. The summed E-state index contributed by atoms with van der Waals surface area (Å²) in [7, 11) is 0. The summed E-state index contributed by atoms with van der Waals surface area (Å²) in [5.41, 5.74) is 6.58. The maximum Gasteiger partial charge on any atom is 0.262 e. The van der Waals surface area contributed by atoms with Crippen molar-refractivity contribution in [2.45, 2.75) is 46.8 Å². The van der Waals surface area contributed by atoms with E-state index in [0.717, 1.165) is 22.4 Å². The number of para-hydroxylation sites is 1. The summed E-state index contributed by atoms with van der Waals surface area (Å²) in [6.07, 6.45) is 2.03. The first-order valence-corrected chi connectivity index (χ1v) is 12.4. The van der Waals surface area contributed by atoms with Gasteiger partial charge in [0.25, 0.3) is 11.8 Å². The van der Waals surface area contributed by atoms with E-state index in [-0.39, 0.29) is 24.3 Å². The molecule has 0 unspecified atom stereocenters. The van der Waals surface area contributed by atoms with Gasteiger partial charge >= 0.3 is 0 Å². The van der Waals surface area contributed by atoms with Crippen molar-refractivity contribution in [3.63, 3.8) is 0 Å². The van der Waals surface area contributed by atoms with Crippen LogP contribution in [-0.4, -0.2) is 30.7 Å². The lowest BCUT2D eigenvalue weighted by Crippen LogP contribution is -2.47. The van der Waals surface area contributed by atoms with Crippen LogP contribution in [0.25, 0.3) is 0 Å². The van der Waals surface area contributed by atoms with E-state index in [1.165, 1.54) is 5.56 Å². The molecule has 0 saturated carbocycles. The van der Waals surface area contributed by atoms with Gasteiger partial charge in [-0.05, 0) is 73.2 Å². The van der Waals surface area contributed by atoms with Crippen molar-refractivity contribution in [2.24, 2.45) is 11.0 Å². The molecule has 0 aliphatic carbocycles. The summed E-state index contributed by atoms with van der Waals surface area (Å²) < 4.78 is 11.4. The molecule has 0 aliphatic heterocycles. The van der Waals surface area contributed by atoms with Crippen LogP contribution < -0.4 is 20.2 Å². The van der Waals surface area contributed by atoms with Crippen LogP contribution in [-0.2, 0) is 16.2 Å². The van der Waals surface area contributed by atoms with Crippen molar-refractivity contribution in [1.29, 1.82) is 0 Å². The molecular formula is C30H35N3O4. The SMILES string of the molecule is Cc1cccc(COc2ccc(/C=N\NC(=O)[C@H](CC(C)C)NC(=O)COc3ccccc3C)cc2)c1. The molecule has 3 rings (SSSR count). The molecular weight excluding hydrogens is 466 g/mol. The number of nitrogens with one attached hydrogen (secondary N) is 2. The zero-order chi connectivity index (χ0) is 26.6. The summed E-state index contributed by atoms with van der Waals surface area (Å²) in [5, 5.41) is 6.83.